The van der Waals surface area contributed by atoms with Gasteiger partial charge in [-0.2, -0.15) is 10.2 Å². The molecule has 8 heteroatoms. The first-order valence-corrected chi connectivity index (χ1v) is 5.90. The minimum absolute atomic E-state index is 0.249. The average Bonchev–Trinajstić information content (AvgIpc) is 2.29. The van der Waals surface area contributed by atoms with Gasteiger partial charge >= 0.3 is 0 Å². The van der Waals surface area contributed by atoms with Gasteiger partial charge in [-0.15, -0.1) is 0 Å². The molecule has 2 aromatic rings. The van der Waals surface area contributed by atoms with E-state index in [1.807, 2.05) is 0 Å². The van der Waals surface area contributed by atoms with Crippen molar-refractivity contribution in [3.63, 3.8) is 0 Å². The molecule has 80 valence electrons. The van der Waals surface area contributed by atoms with Crippen LogP contribution < -0.4 is 11.1 Å². The molecule has 0 fully saturated rings. The molecule has 16 heavy (non-hydrogen) atoms. The fraction of sp³-hybridized carbons (Fsp3) is 0. The molecule has 0 bridgehead atoms. The number of nitrogens with zero attached hydrogens (tertiary/aromatic N) is 2. The maximum absolute atomic E-state index is 11.5. The van der Waals surface area contributed by atoms with Crippen molar-refractivity contribution in [2.45, 2.75) is 19.6 Å². The maximum Gasteiger partial charge on any atom is 0.279 e. The quantitative estimate of drug-likeness (QED) is 0.604. The predicted octanol–water partition coefficient (Wildman–Crippen LogP) is 0.469. The highest BCUT2D eigenvalue weighted by molar-refractivity contribution is 8.05. The van der Waals surface area contributed by atoms with E-state index < -0.39 is 0 Å². The molecule has 0 unspecified atom stereocenters. The van der Waals surface area contributed by atoms with Crippen LogP contribution in [0.3, 0.4) is 0 Å². The zero-order valence-corrected chi connectivity index (χ0v) is 9.32. The summed E-state index contributed by atoms with van der Waals surface area (Å²) in [6.45, 7) is 0. The lowest BCUT2D eigenvalue weighted by Gasteiger charge is -2.14. The topological polar surface area (TPSA) is 91.5 Å². The Labute approximate surface area is 96.9 Å². The van der Waals surface area contributed by atoms with Gasteiger partial charge in [0.05, 0.1) is 32.0 Å². The van der Waals surface area contributed by atoms with Crippen LogP contribution in [0, 0.1) is 0 Å². The summed E-state index contributed by atoms with van der Waals surface area (Å²) in [5, 5.41) is 12.1. The van der Waals surface area contributed by atoms with Crippen molar-refractivity contribution >= 4 is 23.5 Å². The number of nitrogens with one attached hydrogen (secondary N) is 2. The molecule has 0 aliphatic carbocycles. The average molecular weight is 252 g/mol. The minimum atomic E-state index is -0.249. The van der Waals surface area contributed by atoms with Crippen LogP contribution in [0.2, 0.25) is 0 Å². The zero-order chi connectivity index (χ0) is 11.1. The third-order valence-electron chi connectivity index (χ3n) is 1.98. The molecule has 0 saturated heterocycles. The zero-order valence-electron chi connectivity index (χ0n) is 7.68. The smallest absolute Gasteiger partial charge is 0.267 e. The first-order valence-electron chi connectivity index (χ1n) is 4.27. The van der Waals surface area contributed by atoms with Gasteiger partial charge in [0.1, 0.15) is 0 Å². The number of rotatable bonds is 0. The second-order valence-corrected chi connectivity index (χ2v) is 5.09. The molecule has 1 aliphatic heterocycles. The Bertz CT molecular complexity index is 619. The van der Waals surface area contributed by atoms with Gasteiger partial charge in [-0.3, -0.25) is 9.59 Å². The first-order chi connectivity index (χ1) is 7.75. The van der Waals surface area contributed by atoms with E-state index in [9.17, 15) is 9.59 Å². The third-order valence-corrected chi connectivity index (χ3v) is 4.52. The van der Waals surface area contributed by atoms with Crippen molar-refractivity contribution in [3.8, 4) is 0 Å². The van der Waals surface area contributed by atoms with E-state index in [4.69, 9.17) is 0 Å². The largest absolute Gasteiger partial charge is 0.279 e. The van der Waals surface area contributed by atoms with Crippen molar-refractivity contribution < 1.29 is 0 Å². The molecule has 3 heterocycles. The van der Waals surface area contributed by atoms with E-state index in [1.165, 1.54) is 35.9 Å². The summed E-state index contributed by atoms with van der Waals surface area (Å²) in [5.41, 5.74) is -0.498. The molecule has 0 amide bonds. The Morgan fingerprint density at radius 2 is 1.31 bits per heavy atom. The van der Waals surface area contributed by atoms with Gasteiger partial charge in [-0.05, 0) is 0 Å². The fourth-order valence-electron chi connectivity index (χ4n) is 1.30. The van der Waals surface area contributed by atoms with Crippen LogP contribution in [0.5, 0.6) is 0 Å². The number of fused-ring (bicyclic) bond motifs is 2. The Hall–Kier alpha value is -1.54. The highest BCUT2D eigenvalue weighted by Gasteiger charge is 2.22. The maximum atomic E-state index is 11.5. The van der Waals surface area contributed by atoms with Crippen LogP contribution in [-0.4, -0.2) is 20.4 Å². The number of H-pyrrole nitrogens is 2. The third kappa shape index (κ3) is 1.38. The molecule has 3 rings (SSSR count). The van der Waals surface area contributed by atoms with Crippen LogP contribution in [0.1, 0.15) is 0 Å². The lowest BCUT2D eigenvalue weighted by atomic mass is 10.5. The van der Waals surface area contributed by atoms with Crippen LogP contribution in [0.25, 0.3) is 0 Å². The molecule has 2 aromatic heterocycles. The van der Waals surface area contributed by atoms with E-state index in [0.717, 1.165) is 0 Å². The van der Waals surface area contributed by atoms with Gasteiger partial charge < -0.3 is 0 Å². The van der Waals surface area contributed by atoms with Crippen molar-refractivity contribution in [2.24, 2.45) is 0 Å². The first kappa shape index (κ1) is 9.67. The van der Waals surface area contributed by atoms with Gasteiger partial charge in [0.2, 0.25) is 0 Å². The Kier molecular flexibility index (Phi) is 2.11. The summed E-state index contributed by atoms with van der Waals surface area (Å²) < 4.78 is 0. The van der Waals surface area contributed by atoms with E-state index in [-0.39, 0.29) is 11.1 Å². The summed E-state index contributed by atoms with van der Waals surface area (Å²) in [4.78, 5) is 25.5. The lowest BCUT2D eigenvalue weighted by molar-refractivity contribution is 0.866. The molecule has 0 radical (unpaired) electrons. The second-order valence-electron chi connectivity index (χ2n) is 2.99. The molecule has 1 aliphatic rings. The summed E-state index contributed by atoms with van der Waals surface area (Å²) >= 11 is 2.47. The predicted molar refractivity (Wildman–Crippen MR) is 58.0 cm³/mol. The van der Waals surface area contributed by atoms with Gasteiger partial charge in [0, 0.05) is 0 Å². The SMILES string of the molecule is O=c1[nH]ncc2c1Sc1cn[nH]c(=O)c1S2. The number of aromatic nitrogens is 4. The summed E-state index contributed by atoms with van der Waals surface area (Å²) in [6.07, 6.45) is 3.08. The molecule has 0 aromatic carbocycles. The molecule has 2 N–H and O–H groups in total. The lowest BCUT2D eigenvalue weighted by Crippen LogP contribution is -2.17. The van der Waals surface area contributed by atoms with Crippen molar-refractivity contribution in [1.29, 1.82) is 0 Å². The molecular formula is C8H4N4O2S2. The molecule has 0 spiro atoms. The van der Waals surface area contributed by atoms with Crippen molar-refractivity contribution in [3.05, 3.63) is 33.1 Å². The van der Waals surface area contributed by atoms with Gasteiger partial charge in [0.25, 0.3) is 11.1 Å². The van der Waals surface area contributed by atoms with E-state index >= 15 is 0 Å². The van der Waals surface area contributed by atoms with Crippen molar-refractivity contribution in [1.82, 2.24) is 20.4 Å². The van der Waals surface area contributed by atoms with Crippen molar-refractivity contribution in [2.75, 3.05) is 0 Å². The molecule has 6 nitrogen and oxygen atoms in total. The number of aromatic amines is 2. The van der Waals surface area contributed by atoms with Gasteiger partial charge in [-0.25, -0.2) is 10.2 Å². The van der Waals surface area contributed by atoms with Crippen LogP contribution in [0.15, 0.2) is 41.6 Å². The van der Waals surface area contributed by atoms with Crippen LogP contribution in [0.4, 0.5) is 0 Å². The van der Waals surface area contributed by atoms with Crippen LogP contribution >= 0.6 is 23.5 Å². The molecule has 0 saturated carbocycles. The Morgan fingerprint density at radius 3 is 1.75 bits per heavy atom. The van der Waals surface area contributed by atoms with E-state index in [1.54, 1.807) is 0 Å². The highest BCUT2D eigenvalue weighted by atomic mass is 32.2. The monoisotopic (exact) mass is 252 g/mol. The summed E-state index contributed by atoms with van der Waals surface area (Å²) in [5.74, 6) is 0. The van der Waals surface area contributed by atoms with Crippen LogP contribution in [-0.2, 0) is 0 Å². The van der Waals surface area contributed by atoms with E-state index in [0.29, 0.717) is 19.6 Å². The molecule has 0 atom stereocenters. The number of hydrogen-bond donors (Lipinski definition) is 2. The highest BCUT2D eigenvalue weighted by Crippen LogP contribution is 2.43. The van der Waals surface area contributed by atoms with Gasteiger partial charge in [0.15, 0.2) is 0 Å². The number of hydrogen-bond acceptors (Lipinski definition) is 6. The standard InChI is InChI=1S/C8H4N4O2S2/c13-7-5-3(1-9-11-7)15-6-4(16-5)2-10-12-8(6)14/h1-2H,(H,11,13)(H,12,14). The second kappa shape index (κ2) is 3.49. The summed E-state index contributed by atoms with van der Waals surface area (Å²) in [6, 6.07) is 0. The normalized spacial score (nSPS) is 13.0. The Morgan fingerprint density at radius 1 is 0.875 bits per heavy atom. The minimum Gasteiger partial charge on any atom is -0.267 e. The molecular weight excluding hydrogens is 248 g/mol. The van der Waals surface area contributed by atoms with E-state index in [2.05, 4.69) is 20.4 Å². The van der Waals surface area contributed by atoms with Gasteiger partial charge in [-0.1, -0.05) is 23.5 Å². The Balaban J connectivity index is 2.25. The fourth-order valence-corrected chi connectivity index (χ4v) is 3.40. The summed E-state index contributed by atoms with van der Waals surface area (Å²) in [7, 11) is 0.